The lowest BCUT2D eigenvalue weighted by molar-refractivity contribution is -0.139. The smallest absolute Gasteiger partial charge is 0.310 e. The van der Waals surface area contributed by atoms with Gasteiger partial charge in [0.1, 0.15) is 0 Å². The molecule has 1 rings (SSSR count). The van der Waals surface area contributed by atoms with Gasteiger partial charge in [-0.15, -0.1) is 0 Å². The van der Waals surface area contributed by atoms with Crippen molar-refractivity contribution in [2.75, 3.05) is 7.11 Å². The Morgan fingerprint density at radius 3 is 2.47 bits per heavy atom. The number of benzene rings is 1. The Morgan fingerprint density at radius 1 is 1.40 bits per heavy atom. The summed E-state index contributed by atoms with van der Waals surface area (Å²) in [5.41, 5.74) is 2.12. The Balaban J connectivity index is 0.000000921. The van der Waals surface area contributed by atoms with Crippen LogP contribution < -0.4 is 0 Å². The van der Waals surface area contributed by atoms with Crippen molar-refractivity contribution in [1.29, 1.82) is 0 Å². The molecule has 0 spiro atoms. The van der Waals surface area contributed by atoms with Gasteiger partial charge in [-0.05, 0) is 24.1 Å². The number of hydrogen-bond donors (Lipinski definition) is 0. The molecule has 0 aliphatic rings. The van der Waals surface area contributed by atoms with Gasteiger partial charge < -0.3 is 4.74 Å². The summed E-state index contributed by atoms with van der Waals surface area (Å²) in [4.78, 5) is 11.0. The minimum atomic E-state index is -0.218. The predicted octanol–water partition coefficient (Wildman–Crippen LogP) is 3.50. The van der Waals surface area contributed by atoms with E-state index in [1.54, 1.807) is 0 Å². The molecule has 0 unspecified atom stereocenters. The van der Waals surface area contributed by atoms with Gasteiger partial charge >= 0.3 is 5.97 Å². The van der Waals surface area contributed by atoms with E-state index in [1.807, 2.05) is 39.0 Å². The second-order valence-corrected chi connectivity index (χ2v) is 3.70. The van der Waals surface area contributed by atoms with Crippen molar-refractivity contribution < 1.29 is 9.53 Å². The van der Waals surface area contributed by atoms with E-state index in [-0.39, 0.29) is 5.97 Å². The second kappa shape index (κ2) is 7.46. The molecule has 0 saturated heterocycles. The van der Waals surface area contributed by atoms with Crippen LogP contribution >= 0.6 is 15.9 Å². The van der Waals surface area contributed by atoms with Crippen LogP contribution in [0.1, 0.15) is 25.0 Å². The lowest BCUT2D eigenvalue weighted by Crippen LogP contribution is -2.04. The molecule has 0 fully saturated rings. The maximum absolute atomic E-state index is 11.0. The third kappa shape index (κ3) is 4.98. The SMILES string of the molecule is CC.COC(=O)Cc1ccc(C)cc1Br. The van der Waals surface area contributed by atoms with Crippen molar-refractivity contribution in [3.8, 4) is 0 Å². The minimum Gasteiger partial charge on any atom is -0.469 e. The number of hydrogen-bond acceptors (Lipinski definition) is 2. The Hall–Kier alpha value is -0.830. The molecule has 2 nitrogen and oxygen atoms in total. The molecule has 1 aromatic rings. The largest absolute Gasteiger partial charge is 0.469 e. The molecule has 0 atom stereocenters. The zero-order valence-electron chi connectivity index (χ0n) is 9.63. The van der Waals surface area contributed by atoms with Crippen LogP contribution in [0.15, 0.2) is 22.7 Å². The van der Waals surface area contributed by atoms with Gasteiger partial charge in [-0.1, -0.05) is 41.9 Å². The van der Waals surface area contributed by atoms with E-state index in [9.17, 15) is 4.79 Å². The lowest BCUT2D eigenvalue weighted by Gasteiger charge is -2.03. The van der Waals surface area contributed by atoms with E-state index >= 15 is 0 Å². The number of halogens is 1. The summed E-state index contributed by atoms with van der Waals surface area (Å²) in [6, 6.07) is 5.89. The fraction of sp³-hybridized carbons (Fsp3) is 0.417. The number of carbonyl (C=O) groups is 1. The Kier molecular flexibility index (Phi) is 7.05. The first kappa shape index (κ1) is 14.2. The van der Waals surface area contributed by atoms with Crippen molar-refractivity contribution in [2.24, 2.45) is 0 Å². The van der Waals surface area contributed by atoms with Crippen LogP contribution in [0.2, 0.25) is 0 Å². The van der Waals surface area contributed by atoms with Crippen molar-refractivity contribution in [3.05, 3.63) is 33.8 Å². The van der Waals surface area contributed by atoms with Crippen molar-refractivity contribution >= 4 is 21.9 Å². The molecule has 15 heavy (non-hydrogen) atoms. The summed E-state index contributed by atoms with van der Waals surface area (Å²) in [5, 5.41) is 0. The standard InChI is InChI=1S/C10H11BrO2.C2H6/c1-7-3-4-8(9(11)5-7)6-10(12)13-2;1-2/h3-5H,6H2,1-2H3;1-2H3. The number of esters is 1. The van der Waals surface area contributed by atoms with Crippen molar-refractivity contribution in [3.63, 3.8) is 0 Å². The molecule has 0 saturated carbocycles. The maximum Gasteiger partial charge on any atom is 0.310 e. The molecule has 0 aliphatic heterocycles. The summed E-state index contributed by atoms with van der Waals surface area (Å²) in [7, 11) is 1.39. The molecule has 0 heterocycles. The van der Waals surface area contributed by atoms with Crippen LogP contribution in [0, 0.1) is 6.92 Å². The highest BCUT2D eigenvalue weighted by molar-refractivity contribution is 9.10. The van der Waals surface area contributed by atoms with Crippen LogP contribution in [0.4, 0.5) is 0 Å². The van der Waals surface area contributed by atoms with E-state index in [1.165, 1.54) is 12.7 Å². The highest BCUT2D eigenvalue weighted by atomic mass is 79.9. The van der Waals surface area contributed by atoms with E-state index < -0.39 is 0 Å². The predicted molar refractivity (Wildman–Crippen MR) is 65.9 cm³/mol. The van der Waals surface area contributed by atoms with Gasteiger partial charge in [0, 0.05) is 4.47 Å². The van der Waals surface area contributed by atoms with Gasteiger partial charge in [0.25, 0.3) is 0 Å². The molecule has 3 heteroatoms. The molecule has 1 aromatic carbocycles. The van der Waals surface area contributed by atoms with E-state index in [4.69, 9.17) is 0 Å². The topological polar surface area (TPSA) is 26.3 Å². The molecular formula is C12H17BrO2. The Bertz CT molecular complexity index is 321. The maximum atomic E-state index is 11.0. The van der Waals surface area contributed by atoms with Gasteiger partial charge in [-0.25, -0.2) is 0 Å². The lowest BCUT2D eigenvalue weighted by atomic mass is 10.1. The van der Waals surface area contributed by atoms with Gasteiger partial charge in [0.05, 0.1) is 13.5 Å². The van der Waals surface area contributed by atoms with Crippen molar-refractivity contribution in [2.45, 2.75) is 27.2 Å². The van der Waals surface area contributed by atoms with E-state index in [0.29, 0.717) is 6.42 Å². The number of methoxy groups -OCH3 is 1. The monoisotopic (exact) mass is 272 g/mol. The first-order chi connectivity index (χ1) is 7.13. The highest BCUT2D eigenvalue weighted by Crippen LogP contribution is 2.18. The molecule has 0 N–H and O–H groups in total. The van der Waals surface area contributed by atoms with Crippen LogP contribution in [0.5, 0.6) is 0 Å². The molecule has 0 aromatic heterocycles. The average Bonchev–Trinajstić information content (AvgIpc) is 2.25. The number of aryl methyl sites for hydroxylation is 1. The third-order valence-corrected chi connectivity index (χ3v) is 2.51. The normalized spacial score (nSPS) is 8.87. The van der Waals surface area contributed by atoms with Crippen LogP contribution in [0.3, 0.4) is 0 Å². The number of ether oxygens (including phenoxy) is 1. The molecule has 0 amide bonds. The first-order valence-corrected chi connectivity index (χ1v) is 5.74. The third-order valence-electron chi connectivity index (χ3n) is 1.77. The number of carbonyl (C=O) groups excluding carboxylic acids is 1. The summed E-state index contributed by atoms with van der Waals surface area (Å²) >= 11 is 3.40. The summed E-state index contributed by atoms with van der Waals surface area (Å²) in [5.74, 6) is -0.218. The molecular weight excluding hydrogens is 256 g/mol. The summed E-state index contributed by atoms with van der Waals surface area (Å²) in [6.45, 7) is 6.01. The van der Waals surface area contributed by atoms with Crippen molar-refractivity contribution in [1.82, 2.24) is 0 Å². The minimum absolute atomic E-state index is 0.218. The summed E-state index contributed by atoms with van der Waals surface area (Å²) < 4.78 is 5.54. The first-order valence-electron chi connectivity index (χ1n) is 4.95. The highest BCUT2D eigenvalue weighted by Gasteiger charge is 2.05. The summed E-state index contributed by atoms with van der Waals surface area (Å²) in [6.07, 6.45) is 0.317. The quantitative estimate of drug-likeness (QED) is 0.771. The van der Waals surface area contributed by atoms with Gasteiger partial charge in [0.15, 0.2) is 0 Å². The van der Waals surface area contributed by atoms with E-state index in [2.05, 4.69) is 20.7 Å². The molecule has 0 aliphatic carbocycles. The zero-order chi connectivity index (χ0) is 11.8. The molecule has 0 bridgehead atoms. The second-order valence-electron chi connectivity index (χ2n) is 2.85. The molecule has 0 radical (unpaired) electrons. The van der Waals surface area contributed by atoms with Gasteiger partial charge in [-0.2, -0.15) is 0 Å². The Morgan fingerprint density at radius 2 is 2.00 bits per heavy atom. The number of rotatable bonds is 2. The van der Waals surface area contributed by atoms with Crippen LogP contribution in [-0.2, 0) is 16.0 Å². The fourth-order valence-electron chi connectivity index (χ4n) is 1.02. The Labute approximate surface area is 99.8 Å². The van der Waals surface area contributed by atoms with E-state index in [0.717, 1.165) is 10.0 Å². The van der Waals surface area contributed by atoms with Gasteiger partial charge in [-0.3, -0.25) is 4.79 Å². The molecule has 84 valence electrons. The van der Waals surface area contributed by atoms with Crippen LogP contribution in [-0.4, -0.2) is 13.1 Å². The zero-order valence-corrected chi connectivity index (χ0v) is 11.2. The fourth-order valence-corrected chi connectivity index (χ4v) is 1.66. The van der Waals surface area contributed by atoms with Gasteiger partial charge in [0.2, 0.25) is 0 Å². The average molecular weight is 273 g/mol. The van der Waals surface area contributed by atoms with Crippen LogP contribution in [0.25, 0.3) is 0 Å².